The van der Waals surface area contributed by atoms with E-state index < -0.39 is 10.8 Å². The van der Waals surface area contributed by atoms with Gasteiger partial charge in [-0.05, 0) is 194 Å². The summed E-state index contributed by atoms with van der Waals surface area (Å²) >= 11 is 0. The van der Waals surface area contributed by atoms with E-state index in [-0.39, 0.29) is 0 Å². The molecule has 18 rings (SSSR count). The molecule has 0 amide bonds. The van der Waals surface area contributed by atoms with Crippen molar-refractivity contribution in [2.24, 2.45) is 0 Å². The lowest BCUT2D eigenvalue weighted by Crippen LogP contribution is -2.29. The van der Waals surface area contributed by atoms with E-state index in [1.54, 1.807) is 42.7 Å². The summed E-state index contributed by atoms with van der Waals surface area (Å²) in [5, 5.41) is 9.21. The Balaban J connectivity index is 0.000000137. The third-order valence-corrected chi connectivity index (χ3v) is 22.7. The predicted molar refractivity (Wildman–Crippen MR) is 484 cm³/mol. The minimum atomic E-state index is -0.601. The molecule has 120 heavy (non-hydrogen) atoms. The number of fused-ring (bicyclic) bond motifs is 10. The van der Waals surface area contributed by atoms with E-state index in [0.29, 0.717) is 79.3 Å². The molecule has 0 unspecified atom stereocenters. The summed E-state index contributed by atoms with van der Waals surface area (Å²) in [7, 11) is 10.1. The van der Waals surface area contributed by atoms with Crippen LogP contribution in [0.4, 0.5) is 0 Å². The molecular formula is C108H98O12. The lowest BCUT2D eigenvalue weighted by atomic mass is 9.67. The second-order valence-corrected chi connectivity index (χ2v) is 29.7. The minimum absolute atomic E-state index is 0.470. The molecule has 16 aromatic carbocycles. The van der Waals surface area contributed by atoms with E-state index in [2.05, 4.69) is 303 Å². The van der Waals surface area contributed by atoms with Crippen LogP contribution in [-0.2, 0) is 39.3 Å². The van der Waals surface area contributed by atoms with Crippen molar-refractivity contribution in [3.05, 3.63) is 384 Å². The van der Waals surface area contributed by atoms with Gasteiger partial charge in [-0.3, -0.25) is 0 Å². The Bertz CT molecular complexity index is 5820. The number of ether oxygens (including phenoxy) is 12. The van der Waals surface area contributed by atoms with Crippen molar-refractivity contribution in [2.75, 3.05) is 122 Å². The molecule has 0 atom stereocenters. The Morgan fingerprint density at radius 1 is 0.192 bits per heavy atom. The van der Waals surface area contributed by atoms with Crippen LogP contribution >= 0.6 is 0 Å². The van der Waals surface area contributed by atoms with E-state index in [1.165, 1.54) is 77.5 Å². The quantitative estimate of drug-likeness (QED) is 0.0386. The topological polar surface area (TPSA) is 111 Å². The zero-order valence-corrected chi connectivity index (χ0v) is 68.7. The van der Waals surface area contributed by atoms with Crippen LogP contribution in [-0.4, -0.2) is 122 Å². The first kappa shape index (κ1) is 80.9. The average molecular weight is 1590 g/mol. The molecule has 0 aliphatic heterocycles. The fourth-order valence-electron chi connectivity index (χ4n) is 17.3. The van der Waals surface area contributed by atoms with E-state index in [4.69, 9.17) is 56.8 Å². The lowest BCUT2D eigenvalue weighted by Gasteiger charge is -2.35. The first-order chi connectivity index (χ1) is 59.3. The van der Waals surface area contributed by atoms with E-state index in [1.807, 2.05) is 36.4 Å². The Morgan fingerprint density at radius 3 is 0.817 bits per heavy atom. The molecule has 0 spiro atoms. The summed E-state index contributed by atoms with van der Waals surface area (Å²) in [4.78, 5) is 0. The zero-order chi connectivity index (χ0) is 82.0. The van der Waals surface area contributed by atoms with Gasteiger partial charge in [0.15, 0.2) is 0 Å². The van der Waals surface area contributed by atoms with Gasteiger partial charge in [0.25, 0.3) is 0 Å². The zero-order valence-electron chi connectivity index (χ0n) is 68.7. The van der Waals surface area contributed by atoms with Crippen molar-refractivity contribution in [1.29, 1.82) is 0 Å². The summed E-state index contributed by atoms with van der Waals surface area (Å²) in [5.74, 6) is 5.00. The Morgan fingerprint density at radius 2 is 0.458 bits per heavy atom. The second kappa shape index (κ2) is 38.2. The molecule has 0 heterocycles. The SMILES string of the molecule is COCCOc1ccc(C2(c3ccc(OCCOC)c(-c4ccccc4)c3)c3ccccc3-c3ccccc32)cc1-c1ccccc1.COCCOc1ccc2cc(C3(c4ccc5cc(OCCOC)ccc5c4)c4ccccc4-c4ccccc43)ccc2c1.COCCOc1ccc2ccccc2c1-c1c(OCCOC)ccc2ccccc12. The summed E-state index contributed by atoms with van der Waals surface area (Å²) < 4.78 is 68.1. The van der Waals surface area contributed by atoms with Crippen LogP contribution in [0.15, 0.2) is 340 Å². The largest absolute Gasteiger partial charge is 0.491 e. The number of hydrogen-bond acceptors (Lipinski definition) is 12. The maximum absolute atomic E-state index is 6.31. The van der Waals surface area contributed by atoms with Crippen molar-refractivity contribution in [1.82, 2.24) is 0 Å². The van der Waals surface area contributed by atoms with Crippen LogP contribution in [0.1, 0.15) is 44.5 Å². The highest BCUT2D eigenvalue weighted by Gasteiger charge is 2.48. The number of methoxy groups -OCH3 is 6. The Hall–Kier alpha value is -12.9. The van der Waals surface area contributed by atoms with Crippen molar-refractivity contribution >= 4 is 43.1 Å². The Labute approximate surface area is 702 Å². The molecule has 602 valence electrons. The summed E-state index contributed by atoms with van der Waals surface area (Å²) in [6.45, 7) is 6.16. The maximum atomic E-state index is 6.31. The monoisotopic (exact) mass is 1590 g/mol. The standard InChI is InChI=1S/C43H38O4.C39H34O4.C26H26O4/c1-44-25-27-46-41-23-21-33(29-37(41)31-13-5-3-6-14-31)43(39-19-11-9-17-35(39)36-18-10-12-20-40(36)43)34-22-24-42(47-28-26-45-2)38(30-34)32-15-7-4-8-16-32;1-40-19-21-42-33-17-13-27-23-31(15-11-29(27)25-33)39(37-9-5-3-7-35(37)36-8-4-6-10-38(36)39)32-16-12-30-26-34(43-22-20-41-2)18-14-28(30)24-32;1-27-15-17-29-23-13-11-19-7-3-5-9-21(19)25(23)26-22-10-6-4-8-20(22)12-14-24(26)30-18-16-28-2/h3-24,29-30H,25-28H2,1-2H3;3-18,23-26H,19-22H2,1-2H3;3-14H,15-18H2,1-2H3. The number of benzene rings is 16. The molecule has 2 aliphatic rings. The van der Waals surface area contributed by atoms with Crippen LogP contribution in [0.5, 0.6) is 34.5 Å². The normalized spacial score (nSPS) is 12.5. The molecule has 0 N–H and O–H groups in total. The molecule has 0 bridgehead atoms. The Kier molecular flexibility index (Phi) is 25.8. The molecule has 0 aromatic heterocycles. The molecule has 2 aliphatic carbocycles. The van der Waals surface area contributed by atoms with Gasteiger partial charge in [-0.25, -0.2) is 0 Å². The molecular weight excluding hydrogens is 1490 g/mol. The number of hydrogen-bond donors (Lipinski definition) is 0. The molecule has 0 radical (unpaired) electrons. The van der Waals surface area contributed by atoms with Gasteiger partial charge in [0.05, 0.1) is 50.5 Å². The van der Waals surface area contributed by atoms with Gasteiger partial charge in [0, 0.05) is 64.9 Å². The highest BCUT2D eigenvalue weighted by Crippen LogP contribution is 2.60. The number of rotatable bonds is 31. The molecule has 0 fully saturated rings. The van der Waals surface area contributed by atoms with Gasteiger partial charge in [-0.15, -0.1) is 0 Å². The van der Waals surface area contributed by atoms with Gasteiger partial charge in [-0.2, -0.15) is 0 Å². The summed E-state index contributed by atoms with van der Waals surface area (Å²) in [6.07, 6.45) is 0. The van der Waals surface area contributed by atoms with Gasteiger partial charge < -0.3 is 56.8 Å². The van der Waals surface area contributed by atoms with Gasteiger partial charge >= 0.3 is 0 Å². The smallest absolute Gasteiger partial charge is 0.128 e. The predicted octanol–water partition coefficient (Wildman–Crippen LogP) is 23.6. The van der Waals surface area contributed by atoms with Crippen molar-refractivity contribution < 1.29 is 56.8 Å². The fourth-order valence-corrected chi connectivity index (χ4v) is 17.3. The molecule has 12 heteroatoms. The van der Waals surface area contributed by atoms with E-state index in [0.717, 1.165) is 100 Å². The second-order valence-electron chi connectivity index (χ2n) is 29.7. The van der Waals surface area contributed by atoms with E-state index in [9.17, 15) is 0 Å². The third-order valence-electron chi connectivity index (χ3n) is 22.7. The first-order valence-corrected chi connectivity index (χ1v) is 40.9. The van der Waals surface area contributed by atoms with Crippen LogP contribution < -0.4 is 28.4 Å². The summed E-state index contributed by atoms with van der Waals surface area (Å²) in [6, 6.07) is 121. The van der Waals surface area contributed by atoms with E-state index >= 15 is 0 Å². The van der Waals surface area contributed by atoms with Crippen LogP contribution in [0.2, 0.25) is 0 Å². The van der Waals surface area contributed by atoms with Crippen LogP contribution in [0, 0.1) is 0 Å². The molecule has 0 saturated carbocycles. The van der Waals surface area contributed by atoms with Crippen molar-refractivity contribution in [3.63, 3.8) is 0 Å². The van der Waals surface area contributed by atoms with Gasteiger partial charge in [0.1, 0.15) is 74.1 Å². The van der Waals surface area contributed by atoms with Crippen LogP contribution in [0.3, 0.4) is 0 Å². The minimum Gasteiger partial charge on any atom is -0.491 e. The first-order valence-electron chi connectivity index (χ1n) is 40.9. The van der Waals surface area contributed by atoms with Gasteiger partial charge in [0.2, 0.25) is 0 Å². The lowest BCUT2D eigenvalue weighted by molar-refractivity contribution is 0.146. The van der Waals surface area contributed by atoms with Gasteiger partial charge in [-0.1, -0.05) is 267 Å². The third kappa shape index (κ3) is 16.5. The van der Waals surface area contributed by atoms with Crippen LogP contribution in [0.25, 0.3) is 98.7 Å². The highest BCUT2D eigenvalue weighted by atomic mass is 16.5. The van der Waals surface area contributed by atoms with Crippen molar-refractivity contribution in [2.45, 2.75) is 10.8 Å². The van der Waals surface area contributed by atoms with Crippen molar-refractivity contribution in [3.8, 4) is 90.1 Å². The summed E-state index contributed by atoms with van der Waals surface area (Å²) in [5.41, 5.74) is 20.2. The average Bonchev–Trinajstić information content (AvgIpc) is 1.54. The maximum Gasteiger partial charge on any atom is 0.128 e. The molecule has 0 saturated heterocycles. The highest BCUT2D eigenvalue weighted by molar-refractivity contribution is 6.10. The molecule has 16 aromatic rings. The fraction of sp³-hybridized carbons (Fsp3) is 0.185. The molecule has 12 nitrogen and oxygen atoms in total.